The molecule has 1 fully saturated rings. The van der Waals surface area contributed by atoms with E-state index < -0.39 is 24.6 Å². The maximum Gasteiger partial charge on any atom is 0.328 e. The Kier molecular flexibility index (Phi) is 4.88. The second-order valence-corrected chi connectivity index (χ2v) is 4.80. The average Bonchev–Trinajstić information content (AvgIpc) is 2.77. The lowest BCUT2D eigenvalue weighted by Gasteiger charge is -2.25. The molecule has 92 valence electrons. The Labute approximate surface area is 98.0 Å². The molecule has 16 heavy (non-hydrogen) atoms. The molecule has 0 radical (unpaired) electrons. The van der Waals surface area contributed by atoms with Crippen molar-refractivity contribution in [1.29, 1.82) is 0 Å². The van der Waals surface area contributed by atoms with Gasteiger partial charge < -0.3 is 20.4 Å². The van der Waals surface area contributed by atoms with Crippen molar-refractivity contribution in [1.82, 2.24) is 10.2 Å². The van der Waals surface area contributed by atoms with Gasteiger partial charge in [0.2, 0.25) is 0 Å². The number of carbonyl (C=O) groups excluding carboxylic acids is 1. The number of aliphatic hydroxyl groups is 1. The van der Waals surface area contributed by atoms with Crippen LogP contribution in [-0.2, 0) is 4.79 Å². The largest absolute Gasteiger partial charge is 0.480 e. The summed E-state index contributed by atoms with van der Waals surface area (Å²) in [5, 5.41) is 19.7. The van der Waals surface area contributed by atoms with E-state index in [0.717, 1.165) is 17.9 Å². The number of nitrogens with zero attached hydrogens (tertiary/aromatic N) is 1. The summed E-state index contributed by atoms with van der Waals surface area (Å²) in [6.45, 7) is -0.603. The van der Waals surface area contributed by atoms with Crippen molar-refractivity contribution in [3.63, 3.8) is 0 Å². The van der Waals surface area contributed by atoms with Crippen molar-refractivity contribution in [2.45, 2.75) is 18.5 Å². The summed E-state index contributed by atoms with van der Waals surface area (Å²) in [7, 11) is 1.64. The molecule has 0 saturated carbocycles. The summed E-state index contributed by atoms with van der Waals surface area (Å²) in [6, 6.07) is -1.53. The molecule has 2 unspecified atom stereocenters. The van der Waals surface area contributed by atoms with E-state index in [9.17, 15) is 9.59 Å². The Morgan fingerprint density at radius 2 is 2.31 bits per heavy atom. The third-order valence-corrected chi connectivity index (χ3v) is 3.70. The van der Waals surface area contributed by atoms with Crippen molar-refractivity contribution in [3.8, 4) is 0 Å². The number of aliphatic carboxylic acids is 1. The second-order valence-electron chi connectivity index (χ2n) is 3.65. The molecule has 0 aromatic carbocycles. The molecule has 6 nitrogen and oxygen atoms in total. The van der Waals surface area contributed by atoms with Crippen LogP contribution in [0.15, 0.2) is 0 Å². The maximum atomic E-state index is 11.6. The molecular formula is C9H16N2O4S. The third kappa shape index (κ3) is 3.28. The first-order valence-corrected chi connectivity index (χ1v) is 6.16. The van der Waals surface area contributed by atoms with Gasteiger partial charge in [0, 0.05) is 18.8 Å². The molecule has 1 heterocycles. The first-order valence-electron chi connectivity index (χ1n) is 5.01. The van der Waals surface area contributed by atoms with Gasteiger partial charge in [0.15, 0.2) is 6.04 Å². The molecule has 0 aromatic rings. The number of hydrogen-bond acceptors (Lipinski definition) is 4. The normalized spacial score (nSPS) is 21.5. The van der Waals surface area contributed by atoms with E-state index in [2.05, 4.69) is 5.32 Å². The minimum absolute atomic E-state index is 0.151. The molecule has 2 amide bonds. The topological polar surface area (TPSA) is 89.9 Å². The first-order chi connectivity index (χ1) is 7.56. The molecule has 7 heteroatoms. The molecule has 0 aliphatic carbocycles. The Balaban J connectivity index is 2.46. The molecule has 2 atom stereocenters. The number of carboxylic acid groups (broad SMARTS) is 1. The minimum Gasteiger partial charge on any atom is -0.480 e. The van der Waals surface area contributed by atoms with Gasteiger partial charge in [-0.3, -0.25) is 0 Å². The molecule has 3 N–H and O–H groups in total. The molecule has 0 spiro atoms. The third-order valence-electron chi connectivity index (χ3n) is 2.55. The van der Waals surface area contributed by atoms with Gasteiger partial charge in [-0.25, -0.2) is 9.59 Å². The number of thioether (sulfide) groups is 1. The zero-order valence-electron chi connectivity index (χ0n) is 9.05. The van der Waals surface area contributed by atoms with Crippen LogP contribution in [0.4, 0.5) is 4.79 Å². The lowest BCUT2D eigenvalue weighted by molar-refractivity contribution is -0.140. The van der Waals surface area contributed by atoms with Gasteiger partial charge in [0.1, 0.15) is 0 Å². The zero-order chi connectivity index (χ0) is 12.1. The number of carbonyl (C=O) groups is 2. The Morgan fingerprint density at radius 3 is 2.75 bits per heavy atom. The number of aliphatic hydroxyl groups excluding tert-OH is 1. The summed E-state index contributed by atoms with van der Waals surface area (Å²) >= 11 is 1.77. The van der Waals surface area contributed by atoms with Crippen molar-refractivity contribution in [2.75, 3.05) is 25.2 Å². The smallest absolute Gasteiger partial charge is 0.328 e. The summed E-state index contributed by atoms with van der Waals surface area (Å²) in [4.78, 5) is 23.8. The minimum atomic E-state index is -1.23. The standard InChI is InChI=1S/C9H16N2O4S/c1-11(6-2-3-16-5-6)9(15)10-7(4-12)8(13)14/h6-7,12H,2-5H2,1H3,(H,10,15)(H,13,14). The first kappa shape index (κ1) is 13.1. The summed E-state index contributed by atoms with van der Waals surface area (Å²) in [5.41, 5.74) is 0. The fourth-order valence-electron chi connectivity index (χ4n) is 1.43. The highest BCUT2D eigenvalue weighted by molar-refractivity contribution is 7.99. The Hall–Kier alpha value is -0.950. The van der Waals surface area contributed by atoms with Crippen LogP contribution in [-0.4, -0.2) is 64.4 Å². The number of carboxylic acids is 1. The molecule has 0 aromatic heterocycles. The molecule has 1 saturated heterocycles. The molecule has 0 bridgehead atoms. The highest BCUT2D eigenvalue weighted by Gasteiger charge is 2.26. The van der Waals surface area contributed by atoms with Crippen molar-refractivity contribution < 1.29 is 19.8 Å². The number of urea groups is 1. The van der Waals surface area contributed by atoms with Crippen LogP contribution < -0.4 is 5.32 Å². The van der Waals surface area contributed by atoms with E-state index >= 15 is 0 Å². The highest BCUT2D eigenvalue weighted by atomic mass is 32.2. The van der Waals surface area contributed by atoms with E-state index in [0.29, 0.717) is 0 Å². The quantitative estimate of drug-likeness (QED) is 0.628. The summed E-state index contributed by atoms with van der Waals surface area (Å²) in [5.74, 6) is 0.663. The predicted molar refractivity (Wildman–Crippen MR) is 60.5 cm³/mol. The number of hydrogen-bond donors (Lipinski definition) is 3. The SMILES string of the molecule is CN(C(=O)NC(CO)C(=O)O)C1CCSC1. The lowest BCUT2D eigenvalue weighted by atomic mass is 10.2. The van der Waals surface area contributed by atoms with Crippen molar-refractivity contribution in [2.24, 2.45) is 0 Å². The number of rotatable bonds is 4. The van der Waals surface area contributed by atoms with Crippen LogP contribution in [0.5, 0.6) is 0 Å². The fourth-order valence-corrected chi connectivity index (χ4v) is 2.70. The van der Waals surface area contributed by atoms with Crippen molar-refractivity contribution >= 4 is 23.8 Å². The zero-order valence-corrected chi connectivity index (χ0v) is 9.87. The van der Waals surface area contributed by atoms with Crippen LogP contribution in [0.25, 0.3) is 0 Å². The van der Waals surface area contributed by atoms with Crippen LogP contribution in [0.1, 0.15) is 6.42 Å². The van der Waals surface area contributed by atoms with E-state index in [1.165, 1.54) is 4.90 Å². The van der Waals surface area contributed by atoms with E-state index in [-0.39, 0.29) is 6.04 Å². The van der Waals surface area contributed by atoms with Gasteiger partial charge >= 0.3 is 12.0 Å². The summed E-state index contributed by atoms with van der Waals surface area (Å²) < 4.78 is 0. The van der Waals surface area contributed by atoms with Gasteiger partial charge in [0.05, 0.1) is 6.61 Å². The molecule has 1 rings (SSSR count). The van der Waals surface area contributed by atoms with Crippen LogP contribution >= 0.6 is 11.8 Å². The maximum absolute atomic E-state index is 11.6. The van der Waals surface area contributed by atoms with Gasteiger partial charge in [-0.2, -0.15) is 11.8 Å². The van der Waals surface area contributed by atoms with E-state index in [1.807, 2.05) is 0 Å². The van der Waals surface area contributed by atoms with Crippen molar-refractivity contribution in [3.05, 3.63) is 0 Å². The van der Waals surface area contributed by atoms with E-state index in [4.69, 9.17) is 10.2 Å². The van der Waals surface area contributed by atoms with Crippen LogP contribution in [0.2, 0.25) is 0 Å². The van der Waals surface area contributed by atoms with E-state index in [1.54, 1.807) is 18.8 Å². The van der Waals surface area contributed by atoms with Gasteiger partial charge in [-0.15, -0.1) is 0 Å². The second kappa shape index (κ2) is 5.95. The van der Waals surface area contributed by atoms with Gasteiger partial charge in [0.25, 0.3) is 0 Å². The lowest BCUT2D eigenvalue weighted by Crippen LogP contribution is -2.51. The summed E-state index contributed by atoms with van der Waals surface area (Å²) in [6.07, 6.45) is 0.922. The van der Waals surface area contributed by atoms with Crippen LogP contribution in [0.3, 0.4) is 0 Å². The van der Waals surface area contributed by atoms with Gasteiger partial charge in [-0.05, 0) is 12.2 Å². The number of nitrogens with one attached hydrogen (secondary N) is 1. The molecular weight excluding hydrogens is 232 g/mol. The predicted octanol–water partition coefficient (Wildman–Crippen LogP) is -0.421. The van der Waals surface area contributed by atoms with Crippen LogP contribution in [0, 0.1) is 0 Å². The Bertz CT molecular complexity index is 268. The number of amides is 2. The monoisotopic (exact) mass is 248 g/mol. The fraction of sp³-hybridized carbons (Fsp3) is 0.778. The van der Waals surface area contributed by atoms with Gasteiger partial charge in [-0.1, -0.05) is 0 Å². The Morgan fingerprint density at radius 1 is 1.62 bits per heavy atom. The molecule has 1 aliphatic heterocycles. The molecule has 1 aliphatic rings. The highest BCUT2D eigenvalue weighted by Crippen LogP contribution is 2.21. The average molecular weight is 248 g/mol.